The van der Waals surface area contributed by atoms with Crippen LogP contribution in [-0.2, 0) is 0 Å². The van der Waals surface area contributed by atoms with Gasteiger partial charge in [-0.25, -0.2) is 4.68 Å². The number of hydrogen-bond donors (Lipinski definition) is 0. The Balaban J connectivity index is 0.00000121. The zero-order valence-electron chi connectivity index (χ0n) is 12.3. The van der Waals surface area contributed by atoms with Crippen molar-refractivity contribution in [2.75, 3.05) is 0 Å². The summed E-state index contributed by atoms with van der Waals surface area (Å²) in [4.78, 5) is 0. The van der Waals surface area contributed by atoms with E-state index in [0.29, 0.717) is 5.92 Å². The number of hydrogen-bond acceptors (Lipinski definition) is 1. The molecule has 0 N–H and O–H groups in total. The summed E-state index contributed by atoms with van der Waals surface area (Å²) in [6.45, 7) is 14.5. The van der Waals surface area contributed by atoms with Crippen LogP contribution in [0.15, 0.2) is 12.2 Å². The monoisotopic (exact) mass is 234 g/mol. The first-order chi connectivity index (χ1) is 8.11. The van der Waals surface area contributed by atoms with Crippen LogP contribution in [0.5, 0.6) is 0 Å². The van der Waals surface area contributed by atoms with Crippen molar-refractivity contribution in [3.8, 4) is 0 Å². The molecule has 0 atom stereocenters. The molecule has 0 aliphatic rings. The number of aromatic nitrogens is 2. The smallest absolute Gasteiger partial charge is 0.0695 e. The van der Waals surface area contributed by atoms with Crippen LogP contribution in [0.4, 0.5) is 0 Å². The fourth-order valence-electron chi connectivity index (χ4n) is 1.87. The molecule has 0 aliphatic carbocycles. The van der Waals surface area contributed by atoms with Crippen LogP contribution in [-0.4, -0.2) is 9.78 Å². The van der Waals surface area contributed by atoms with Crippen LogP contribution in [0.3, 0.4) is 0 Å². The quantitative estimate of drug-likeness (QED) is 0.730. The summed E-state index contributed by atoms with van der Waals surface area (Å²) >= 11 is 0. The van der Waals surface area contributed by atoms with Crippen molar-refractivity contribution in [1.29, 1.82) is 0 Å². The second kappa shape index (κ2) is 7.88. The third-order valence-electron chi connectivity index (χ3n) is 2.36. The van der Waals surface area contributed by atoms with E-state index >= 15 is 0 Å². The predicted octanol–water partition coefficient (Wildman–Crippen LogP) is 4.86. The van der Waals surface area contributed by atoms with Crippen LogP contribution < -0.4 is 0 Å². The third kappa shape index (κ3) is 3.88. The minimum Gasteiger partial charge on any atom is -0.241 e. The second-order valence-electron chi connectivity index (χ2n) is 3.97. The van der Waals surface area contributed by atoms with Crippen molar-refractivity contribution in [2.45, 2.75) is 54.4 Å². The minimum absolute atomic E-state index is 0.509. The van der Waals surface area contributed by atoms with E-state index in [4.69, 9.17) is 0 Å². The van der Waals surface area contributed by atoms with E-state index < -0.39 is 0 Å². The van der Waals surface area contributed by atoms with Gasteiger partial charge < -0.3 is 0 Å². The predicted molar refractivity (Wildman–Crippen MR) is 78.1 cm³/mol. The summed E-state index contributed by atoms with van der Waals surface area (Å²) < 4.78 is 1.95. The van der Waals surface area contributed by atoms with Crippen molar-refractivity contribution in [2.24, 2.45) is 0 Å². The molecule has 0 saturated carbocycles. The molecule has 1 aromatic heterocycles. The highest BCUT2D eigenvalue weighted by Crippen LogP contribution is 2.24. The summed E-state index contributed by atoms with van der Waals surface area (Å²) in [5, 5.41) is 4.52. The molecule has 0 aromatic carbocycles. The molecule has 0 bridgehead atoms. The molecular formula is C15H26N2. The Morgan fingerprint density at radius 3 is 2.12 bits per heavy atom. The fraction of sp³-hybridized carbons (Fsp3) is 0.533. The van der Waals surface area contributed by atoms with Crippen molar-refractivity contribution in [3.05, 3.63) is 29.1 Å². The molecule has 2 nitrogen and oxygen atoms in total. The zero-order valence-corrected chi connectivity index (χ0v) is 12.3. The summed E-state index contributed by atoms with van der Waals surface area (Å²) in [6.07, 6.45) is 8.18. The van der Waals surface area contributed by atoms with E-state index in [9.17, 15) is 0 Å². The van der Waals surface area contributed by atoms with E-state index in [1.165, 1.54) is 11.3 Å². The Morgan fingerprint density at radius 1 is 1.12 bits per heavy atom. The summed E-state index contributed by atoms with van der Waals surface area (Å²) in [5.74, 6) is 0.509. The van der Waals surface area contributed by atoms with Crippen LogP contribution in [0.25, 0.3) is 12.3 Å². The van der Waals surface area contributed by atoms with Gasteiger partial charge in [-0.1, -0.05) is 39.8 Å². The lowest BCUT2D eigenvalue weighted by atomic mass is 10.0. The molecule has 1 aromatic rings. The van der Waals surface area contributed by atoms with Gasteiger partial charge >= 0.3 is 0 Å². The third-order valence-corrected chi connectivity index (χ3v) is 2.36. The van der Waals surface area contributed by atoms with E-state index in [1.807, 2.05) is 44.7 Å². The molecule has 0 fully saturated rings. The highest BCUT2D eigenvalue weighted by atomic mass is 15.3. The van der Waals surface area contributed by atoms with Crippen molar-refractivity contribution in [1.82, 2.24) is 9.78 Å². The second-order valence-corrected chi connectivity index (χ2v) is 3.97. The van der Waals surface area contributed by atoms with E-state index in [-0.39, 0.29) is 0 Å². The normalized spacial score (nSPS) is 11.3. The van der Waals surface area contributed by atoms with Gasteiger partial charge in [-0.05, 0) is 32.8 Å². The van der Waals surface area contributed by atoms with Crippen LogP contribution in [0, 0.1) is 6.92 Å². The molecule has 0 saturated heterocycles. The first-order valence-electron chi connectivity index (χ1n) is 6.46. The molecule has 0 unspecified atom stereocenters. The Hall–Kier alpha value is -1.31. The minimum atomic E-state index is 0.509. The zero-order chi connectivity index (χ0) is 13.4. The Kier molecular flexibility index (Phi) is 7.27. The molecular weight excluding hydrogens is 208 g/mol. The number of rotatable bonds is 3. The van der Waals surface area contributed by atoms with Gasteiger partial charge in [0.25, 0.3) is 0 Å². The number of nitrogens with zero attached hydrogens (tertiary/aromatic N) is 2. The van der Waals surface area contributed by atoms with Gasteiger partial charge in [-0.2, -0.15) is 5.10 Å². The summed E-state index contributed by atoms with van der Waals surface area (Å²) in [5.41, 5.74) is 3.66. The summed E-state index contributed by atoms with van der Waals surface area (Å²) in [7, 11) is 0. The molecule has 0 amide bonds. The molecule has 0 radical (unpaired) electrons. The highest BCUT2D eigenvalue weighted by molar-refractivity contribution is 5.55. The molecule has 96 valence electrons. The lowest BCUT2D eigenvalue weighted by Crippen LogP contribution is -1.94. The van der Waals surface area contributed by atoms with Crippen molar-refractivity contribution < 1.29 is 0 Å². The number of allylic oxidation sites excluding steroid dienone is 2. The maximum atomic E-state index is 4.52. The Morgan fingerprint density at radius 2 is 1.71 bits per heavy atom. The average Bonchev–Trinajstić information content (AvgIpc) is 2.59. The van der Waals surface area contributed by atoms with Gasteiger partial charge in [-0.3, -0.25) is 0 Å². The maximum absolute atomic E-state index is 4.52. The average molecular weight is 234 g/mol. The van der Waals surface area contributed by atoms with Gasteiger partial charge in [0, 0.05) is 11.8 Å². The van der Waals surface area contributed by atoms with E-state index in [0.717, 1.165) is 5.69 Å². The SMILES string of the molecule is C/C=C\c1c(C(C)C)c(C)nn1/C=C\C.CC. The van der Waals surface area contributed by atoms with Gasteiger partial charge in [0.2, 0.25) is 0 Å². The first kappa shape index (κ1) is 15.7. The molecule has 0 spiro atoms. The molecule has 2 heteroatoms. The lowest BCUT2D eigenvalue weighted by molar-refractivity contribution is 0.854. The first-order valence-corrected chi connectivity index (χ1v) is 6.46. The van der Waals surface area contributed by atoms with Gasteiger partial charge in [0.05, 0.1) is 11.4 Å². The van der Waals surface area contributed by atoms with E-state index in [2.05, 4.69) is 38.0 Å². The lowest BCUT2D eigenvalue weighted by Gasteiger charge is -2.05. The molecule has 0 aliphatic heterocycles. The van der Waals surface area contributed by atoms with Crippen molar-refractivity contribution in [3.63, 3.8) is 0 Å². The topological polar surface area (TPSA) is 17.8 Å². The highest BCUT2D eigenvalue weighted by Gasteiger charge is 2.14. The van der Waals surface area contributed by atoms with Crippen molar-refractivity contribution >= 4 is 12.3 Å². The molecule has 17 heavy (non-hydrogen) atoms. The van der Waals surface area contributed by atoms with Crippen LogP contribution in [0.2, 0.25) is 0 Å². The molecule has 1 heterocycles. The number of aryl methyl sites for hydroxylation is 1. The Bertz CT molecular complexity index is 382. The fourth-order valence-corrected chi connectivity index (χ4v) is 1.87. The van der Waals surface area contributed by atoms with Crippen LogP contribution in [0.1, 0.15) is 64.4 Å². The van der Waals surface area contributed by atoms with Gasteiger partial charge in [0.15, 0.2) is 0 Å². The standard InChI is InChI=1S/C13H20N2.C2H6/c1-6-8-12-13(10(3)4)11(5)14-15(12)9-7-2;1-2/h6-10H,1-5H3;1-2H3/b8-6-,9-7-;. The van der Waals surface area contributed by atoms with E-state index in [1.54, 1.807) is 0 Å². The summed E-state index contributed by atoms with van der Waals surface area (Å²) in [6, 6.07) is 0. The Labute approximate surface area is 106 Å². The van der Waals surface area contributed by atoms with Gasteiger partial charge in [0.1, 0.15) is 0 Å². The van der Waals surface area contributed by atoms with Gasteiger partial charge in [-0.15, -0.1) is 0 Å². The maximum Gasteiger partial charge on any atom is 0.0695 e. The largest absolute Gasteiger partial charge is 0.241 e. The molecule has 1 rings (SSSR count). The van der Waals surface area contributed by atoms with Crippen LogP contribution >= 0.6 is 0 Å².